The zero-order valence-electron chi connectivity index (χ0n) is 10.3. The lowest BCUT2D eigenvalue weighted by Crippen LogP contribution is -2.45. The van der Waals surface area contributed by atoms with Gasteiger partial charge in [0.15, 0.2) is 0 Å². The summed E-state index contributed by atoms with van der Waals surface area (Å²) in [6.45, 7) is 7.60. The van der Waals surface area contributed by atoms with E-state index in [-0.39, 0.29) is 11.9 Å². The molecule has 0 saturated carbocycles. The summed E-state index contributed by atoms with van der Waals surface area (Å²) >= 11 is 0. The van der Waals surface area contributed by atoms with Crippen LogP contribution in [0.4, 0.5) is 0 Å². The second-order valence-corrected chi connectivity index (χ2v) is 5.14. The third-order valence-electron chi connectivity index (χ3n) is 2.50. The van der Waals surface area contributed by atoms with Crippen LogP contribution in [-0.2, 0) is 14.3 Å². The van der Waals surface area contributed by atoms with E-state index in [9.17, 15) is 9.59 Å². The van der Waals surface area contributed by atoms with Crippen LogP contribution in [0.5, 0.6) is 0 Å². The van der Waals surface area contributed by atoms with E-state index in [0.717, 1.165) is 0 Å². The van der Waals surface area contributed by atoms with E-state index in [1.807, 2.05) is 0 Å². The van der Waals surface area contributed by atoms with Crippen LogP contribution in [0.2, 0.25) is 0 Å². The van der Waals surface area contributed by atoms with Gasteiger partial charge in [-0.15, -0.1) is 0 Å². The third-order valence-corrected chi connectivity index (χ3v) is 2.50. The average Bonchev–Trinajstić information content (AvgIpc) is 2.44. The molecule has 2 N–H and O–H groups in total. The first kappa shape index (κ1) is 13.0. The Kier molecular flexibility index (Phi) is 3.57. The van der Waals surface area contributed by atoms with Crippen LogP contribution < -0.4 is 5.73 Å². The van der Waals surface area contributed by atoms with Crippen LogP contribution in [0, 0.1) is 0 Å². The third kappa shape index (κ3) is 2.95. The van der Waals surface area contributed by atoms with E-state index in [1.165, 1.54) is 4.90 Å². The van der Waals surface area contributed by atoms with Gasteiger partial charge in [-0.3, -0.25) is 4.79 Å². The molecule has 1 aliphatic heterocycles. The first-order valence-electron chi connectivity index (χ1n) is 5.51. The highest BCUT2D eigenvalue weighted by Crippen LogP contribution is 2.16. The molecule has 0 aromatic carbocycles. The highest BCUT2D eigenvalue weighted by atomic mass is 16.6. The maximum Gasteiger partial charge on any atom is 0.329 e. The molecule has 0 spiro atoms. The summed E-state index contributed by atoms with van der Waals surface area (Å²) in [5.74, 6) is -0.548. The lowest BCUT2D eigenvalue weighted by molar-refractivity contribution is -0.163. The second kappa shape index (κ2) is 4.41. The van der Waals surface area contributed by atoms with E-state index < -0.39 is 17.7 Å². The maximum atomic E-state index is 11.7. The summed E-state index contributed by atoms with van der Waals surface area (Å²) in [5.41, 5.74) is 5.06. The van der Waals surface area contributed by atoms with Crippen LogP contribution in [0.15, 0.2) is 0 Å². The molecule has 0 bridgehead atoms. The molecule has 1 rings (SSSR count). The van der Waals surface area contributed by atoms with Crippen molar-refractivity contribution in [3.63, 3.8) is 0 Å². The van der Waals surface area contributed by atoms with Gasteiger partial charge in [0.2, 0.25) is 5.91 Å². The lowest BCUT2D eigenvalue weighted by Gasteiger charge is -2.27. The topological polar surface area (TPSA) is 72.6 Å². The minimum Gasteiger partial charge on any atom is -0.458 e. The molecule has 1 heterocycles. The summed E-state index contributed by atoms with van der Waals surface area (Å²) in [6, 6.07) is -1.02. The summed E-state index contributed by atoms with van der Waals surface area (Å²) in [6.07, 6.45) is 0.603. The van der Waals surface area contributed by atoms with Crippen LogP contribution >= 0.6 is 0 Å². The molecule has 1 fully saturated rings. The van der Waals surface area contributed by atoms with Gasteiger partial charge in [-0.05, 0) is 34.1 Å². The van der Waals surface area contributed by atoms with Crippen LogP contribution in [0.25, 0.3) is 0 Å². The fraction of sp³-hybridized carbons (Fsp3) is 0.818. The number of nitrogens with two attached hydrogens (primary N) is 1. The Balaban J connectivity index is 2.61. The largest absolute Gasteiger partial charge is 0.458 e. The quantitative estimate of drug-likeness (QED) is 0.689. The Morgan fingerprint density at radius 2 is 2.12 bits per heavy atom. The molecule has 0 aliphatic carbocycles. The molecule has 92 valence electrons. The predicted molar refractivity (Wildman–Crippen MR) is 59.6 cm³/mol. The number of nitrogens with zero attached hydrogens (tertiary/aromatic N) is 1. The number of likely N-dealkylation sites (tertiary alicyclic amines) is 1. The highest BCUT2D eigenvalue weighted by Gasteiger charge is 2.36. The van der Waals surface area contributed by atoms with Crippen molar-refractivity contribution in [3.8, 4) is 0 Å². The summed E-state index contributed by atoms with van der Waals surface area (Å²) in [7, 11) is 0. The van der Waals surface area contributed by atoms with Gasteiger partial charge in [0, 0.05) is 6.54 Å². The van der Waals surface area contributed by atoms with Gasteiger partial charge in [-0.25, -0.2) is 4.79 Å². The number of hydrogen-bond donors (Lipinski definition) is 1. The Labute approximate surface area is 95.9 Å². The van der Waals surface area contributed by atoms with Gasteiger partial charge in [0.1, 0.15) is 11.6 Å². The molecule has 1 aliphatic rings. The zero-order chi connectivity index (χ0) is 12.5. The standard InChI is InChI=1S/C11H20N2O3/c1-7(10(15)16-11(2,3)4)13-6-5-8(12)9(13)14/h7-8H,5-6,12H2,1-4H3/t7-,8+/m0/s1. The molecule has 5 nitrogen and oxygen atoms in total. The van der Waals surface area contributed by atoms with Gasteiger partial charge < -0.3 is 15.4 Å². The molecule has 16 heavy (non-hydrogen) atoms. The van der Waals surface area contributed by atoms with Gasteiger partial charge in [0.05, 0.1) is 6.04 Å². The molecule has 0 aromatic heterocycles. The van der Waals surface area contributed by atoms with Crippen molar-refractivity contribution in [1.29, 1.82) is 0 Å². The number of hydrogen-bond acceptors (Lipinski definition) is 4. The number of amides is 1. The second-order valence-electron chi connectivity index (χ2n) is 5.14. The van der Waals surface area contributed by atoms with E-state index in [2.05, 4.69) is 0 Å². The number of esters is 1. The molecule has 1 saturated heterocycles. The molecule has 5 heteroatoms. The van der Waals surface area contributed by atoms with Crippen molar-refractivity contribution in [1.82, 2.24) is 4.90 Å². The van der Waals surface area contributed by atoms with Crippen molar-refractivity contribution in [2.24, 2.45) is 5.73 Å². The molecular formula is C11H20N2O3. The minimum absolute atomic E-state index is 0.168. The number of carbonyl (C=O) groups excluding carboxylic acids is 2. The fourth-order valence-corrected chi connectivity index (χ4v) is 1.62. The minimum atomic E-state index is -0.555. The molecule has 2 atom stereocenters. The molecule has 1 amide bonds. The highest BCUT2D eigenvalue weighted by molar-refractivity contribution is 5.88. The number of rotatable bonds is 2. The van der Waals surface area contributed by atoms with Crippen LogP contribution in [0.1, 0.15) is 34.1 Å². The normalized spacial score (nSPS) is 23.4. The smallest absolute Gasteiger partial charge is 0.329 e. The summed E-state index contributed by atoms with van der Waals surface area (Å²) in [4.78, 5) is 24.8. The molecular weight excluding hydrogens is 208 g/mol. The summed E-state index contributed by atoms with van der Waals surface area (Å²) < 4.78 is 5.22. The summed E-state index contributed by atoms with van der Waals surface area (Å²) in [5, 5.41) is 0. The Bertz CT molecular complexity index is 296. The molecule has 0 aromatic rings. The Morgan fingerprint density at radius 3 is 2.50 bits per heavy atom. The van der Waals surface area contributed by atoms with Crippen molar-refractivity contribution in [2.75, 3.05) is 6.54 Å². The molecule has 0 unspecified atom stereocenters. The van der Waals surface area contributed by atoms with Gasteiger partial charge in [-0.2, -0.15) is 0 Å². The SMILES string of the molecule is C[C@@H](C(=O)OC(C)(C)C)N1CC[C@@H](N)C1=O. The first-order chi connectivity index (χ1) is 7.22. The number of carbonyl (C=O) groups is 2. The van der Waals surface area contributed by atoms with Gasteiger partial charge >= 0.3 is 5.97 Å². The first-order valence-corrected chi connectivity index (χ1v) is 5.51. The Morgan fingerprint density at radius 1 is 1.56 bits per heavy atom. The number of ether oxygens (including phenoxy) is 1. The lowest BCUT2D eigenvalue weighted by atomic mass is 10.2. The van der Waals surface area contributed by atoms with Gasteiger partial charge in [0.25, 0.3) is 0 Å². The zero-order valence-corrected chi connectivity index (χ0v) is 10.3. The van der Waals surface area contributed by atoms with E-state index in [0.29, 0.717) is 13.0 Å². The van der Waals surface area contributed by atoms with Crippen molar-refractivity contribution in [3.05, 3.63) is 0 Å². The van der Waals surface area contributed by atoms with Crippen molar-refractivity contribution >= 4 is 11.9 Å². The van der Waals surface area contributed by atoms with Crippen LogP contribution in [-0.4, -0.2) is 41.0 Å². The van der Waals surface area contributed by atoms with Crippen molar-refractivity contribution < 1.29 is 14.3 Å². The average molecular weight is 228 g/mol. The maximum absolute atomic E-state index is 11.7. The Hall–Kier alpha value is -1.10. The van der Waals surface area contributed by atoms with E-state index >= 15 is 0 Å². The van der Waals surface area contributed by atoms with E-state index in [1.54, 1.807) is 27.7 Å². The monoisotopic (exact) mass is 228 g/mol. The van der Waals surface area contributed by atoms with Crippen LogP contribution in [0.3, 0.4) is 0 Å². The molecule has 0 radical (unpaired) electrons. The van der Waals surface area contributed by atoms with Gasteiger partial charge in [-0.1, -0.05) is 0 Å². The fourth-order valence-electron chi connectivity index (χ4n) is 1.62. The van der Waals surface area contributed by atoms with Crippen molar-refractivity contribution in [2.45, 2.75) is 51.8 Å². The predicted octanol–water partition coefficient (Wildman–Crippen LogP) is 0.276. The van der Waals surface area contributed by atoms with E-state index in [4.69, 9.17) is 10.5 Å².